The Hall–Kier alpha value is -2.75. The molecule has 4 heteroatoms. The lowest BCUT2D eigenvalue weighted by Crippen LogP contribution is -2.12. The van der Waals surface area contributed by atoms with E-state index in [2.05, 4.69) is 27.4 Å². The van der Waals surface area contributed by atoms with Gasteiger partial charge in [0.25, 0.3) is 5.91 Å². The van der Waals surface area contributed by atoms with Crippen LogP contribution in [0.1, 0.15) is 39.3 Å². The Morgan fingerprint density at radius 2 is 1.67 bits per heavy atom. The van der Waals surface area contributed by atoms with Crippen molar-refractivity contribution < 1.29 is 4.79 Å². The van der Waals surface area contributed by atoms with Gasteiger partial charge in [-0.05, 0) is 74.6 Å². The standard InChI is InChI=1S/C20H19N3O/c1-12-13(2)22-19-11-16(7-9-18(19)21-12)20(24)23-17-8-6-14-4-3-5-15(14)10-17/h6-11H,3-5H2,1-2H3,(H,23,24). The maximum atomic E-state index is 12.6. The minimum atomic E-state index is -0.116. The lowest BCUT2D eigenvalue weighted by atomic mass is 10.1. The molecule has 1 N–H and O–H groups in total. The molecule has 0 atom stereocenters. The zero-order valence-electron chi connectivity index (χ0n) is 13.9. The smallest absolute Gasteiger partial charge is 0.255 e. The van der Waals surface area contributed by atoms with Gasteiger partial charge in [0, 0.05) is 11.3 Å². The molecule has 1 amide bonds. The van der Waals surface area contributed by atoms with Gasteiger partial charge in [0.1, 0.15) is 0 Å². The number of carbonyl (C=O) groups is 1. The summed E-state index contributed by atoms with van der Waals surface area (Å²) < 4.78 is 0. The summed E-state index contributed by atoms with van der Waals surface area (Å²) in [6.45, 7) is 3.87. The first kappa shape index (κ1) is 14.8. The molecule has 0 radical (unpaired) electrons. The van der Waals surface area contributed by atoms with Gasteiger partial charge < -0.3 is 5.32 Å². The normalized spacial score (nSPS) is 13.1. The average Bonchev–Trinajstić information content (AvgIpc) is 3.03. The Labute approximate surface area is 141 Å². The van der Waals surface area contributed by atoms with E-state index in [-0.39, 0.29) is 5.91 Å². The van der Waals surface area contributed by atoms with Crippen LogP contribution in [0.25, 0.3) is 11.0 Å². The van der Waals surface area contributed by atoms with Crippen molar-refractivity contribution in [2.75, 3.05) is 5.32 Å². The highest BCUT2D eigenvalue weighted by Gasteiger charge is 2.13. The highest BCUT2D eigenvalue weighted by molar-refractivity contribution is 6.05. The molecule has 1 aliphatic rings. The molecule has 2 aromatic carbocycles. The average molecular weight is 317 g/mol. The molecule has 0 spiro atoms. The van der Waals surface area contributed by atoms with Crippen molar-refractivity contribution in [1.82, 2.24) is 9.97 Å². The van der Waals surface area contributed by atoms with Gasteiger partial charge in [-0.3, -0.25) is 4.79 Å². The molecular weight excluding hydrogens is 298 g/mol. The molecule has 0 saturated carbocycles. The predicted molar refractivity (Wildman–Crippen MR) is 95.4 cm³/mol. The lowest BCUT2D eigenvalue weighted by Gasteiger charge is -2.09. The number of aromatic nitrogens is 2. The minimum absolute atomic E-state index is 0.116. The number of fused-ring (bicyclic) bond motifs is 2. The zero-order chi connectivity index (χ0) is 16.7. The SMILES string of the molecule is Cc1nc2ccc(C(=O)Nc3ccc4c(c3)CCC4)cc2nc1C. The molecule has 24 heavy (non-hydrogen) atoms. The fourth-order valence-electron chi connectivity index (χ4n) is 3.22. The molecule has 1 heterocycles. The number of nitrogens with one attached hydrogen (secondary N) is 1. The van der Waals surface area contributed by atoms with Gasteiger partial charge in [-0.1, -0.05) is 6.07 Å². The fraction of sp³-hybridized carbons (Fsp3) is 0.250. The largest absolute Gasteiger partial charge is 0.322 e. The van der Waals surface area contributed by atoms with Crippen molar-refractivity contribution in [2.45, 2.75) is 33.1 Å². The molecular formula is C20H19N3O. The summed E-state index contributed by atoms with van der Waals surface area (Å²) >= 11 is 0. The number of aryl methyl sites for hydroxylation is 4. The summed E-state index contributed by atoms with van der Waals surface area (Å²) in [5.74, 6) is -0.116. The molecule has 1 aliphatic carbocycles. The molecule has 0 saturated heterocycles. The fourth-order valence-corrected chi connectivity index (χ4v) is 3.22. The summed E-state index contributed by atoms with van der Waals surface area (Å²) in [6, 6.07) is 11.7. The number of anilines is 1. The van der Waals surface area contributed by atoms with Crippen molar-refractivity contribution in [2.24, 2.45) is 0 Å². The van der Waals surface area contributed by atoms with E-state index in [1.807, 2.05) is 26.0 Å². The van der Waals surface area contributed by atoms with E-state index in [0.717, 1.165) is 41.0 Å². The lowest BCUT2D eigenvalue weighted by molar-refractivity contribution is 0.102. The van der Waals surface area contributed by atoms with E-state index < -0.39 is 0 Å². The number of rotatable bonds is 2. The van der Waals surface area contributed by atoms with Gasteiger partial charge in [-0.2, -0.15) is 0 Å². The maximum Gasteiger partial charge on any atom is 0.255 e. The summed E-state index contributed by atoms with van der Waals surface area (Å²) in [6.07, 6.45) is 3.45. The number of hydrogen-bond donors (Lipinski definition) is 1. The van der Waals surface area contributed by atoms with Gasteiger partial charge >= 0.3 is 0 Å². The van der Waals surface area contributed by atoms with E-state index in [1.165, 1.54) is 17.5 Å². The minimum Gasteiger partial charge on any atom is -0.322 e. The molecule has 3 aromatic rings. The third-order valence-electron chi connectivity index (χ3n) is 4.69. The van der Waals surface area contributed by atoms with Crippen LogP contribution in [0.4, 0.5) is 5.69 Å². The highest BCUT2D eigenvalue weighted by Crippen LogP contribution is 2.25. The number of benzene rings is 2. The number of carbonyl (C=O) groups excluding carboxylic acids is 1. The van der Waals surface area contributed by atoms with Crippen molar-refractivity contribution in [1.29, 1.82) is 0 Å². The van der Waals surface area contributed by atoms with E-state index in [1.54, 1.807) is 12.1 Å². The molecule has 4 rings (SSSR count). The molecule has 0 aliphatic heterocycles. The molecule has 0 unspecified atom stereocenters. The van der Waals surface area contributed by atoms with Crippen LogP contribution in [0, 0.1) is 13.8 Å². The van der Waals surface area contributed by atoms with Crippen molar-refractivity contribution in [3.63, 3.8) is 0 Å². The molecule has 4 nitrogen and oxygen atoms in total. The monoisotopic (exact) mass is 317 g/mol. The second-order valence-electron chi connectivity index (χ2n) is 6.39. The predicted octanol–water partition coefficient (Wildman–Crippen LogP) is 3.99. The Kier molecular flexibility index (Phi) is 3.53. The Balaban J connectivity index is 1.62. The van der Waals surface area contributed by atoms with E-state index >= 15 is 0 Å². The van der Waals surface area contributed by atoms with Crippen molar-refractivity contribution in [3.05, 3.63) is 64.5 Å². The molecule has 0 fully saturated rings. The van der Waals surface area contributed by atoms with Crippen LogP contribution in [-0.2, 0) is 12.8 Å². The zero-order valence-corrected chi connectivity index (χ0v) is 13.9. The molecule has 120 valence electrons. The van der Waals surface area contributed by atoms with Crippen LogP contribution in [0.5, 0.6) is 0 Å². The number of amides is 1. The van der Waals surface area contributed by atoms with Crippen molar-refractivity contribution >= 4 is 22.6 Å². The first-order valence-electron chi connectivity index (χ1n) is 8.28. The van der Waals surface area contributed by atoms with E-state index in [0.29, 0.717) is 5.56 Å². The third kappa shape index (κ3) is 2.64. The summed E-state index contributed by atoms with van der Waals surface area (Å²) in [5, 5.41) is 2.99. The number of hydrogen-bond acceptors (Lipinski definition) is 3. The first-order chi connectivity index (χ1) is 11.6. The Bertz CT molecular complexity index is 963. The van der Waals surface area contributed by atoms with Gasteiger partial charge in [-0.25, -0.2) is 9.97 Å². The number of nitrogens with zero attached hydrogens (tertiary/aromatic N) is 2. The van der Waals surface area contributed by atoms with Crippen LogP contribution < -0.4 is 5.32 Å². The third-order valence-corrected chi connectivity index (χ3v) is 4.69. The van der Waals surface area contributed by atoms with Crippen LogP contribution >= 0.6 is 0 Å². The summed E-state index contributed by atoms with van der Waals surface area (Å²) in [5.41, 5.74) is 7.57. The topological polar surface area (TPSA) is 54.9 Å². The maximum absolute atomic E-state index is 12.6. The summed E-state index contributed by atoms with van der Waals surface area (Å²) in [4.78, 5) is 21.6. The van der Waals surface area contributed by atoms with Gasteiger partial charge in [0.15, 0.2) is 0 Å². The van der Waals surface area contributed by atoms with Crippen molar-refractivity contribution in [3.8, 4) is 0 Å². The molecule has 1 aromatic heterocycles. The van der Waals surface area contributed by atoms with E-state index in [9.17, 15) is 4.79 Å². The van der Waals surface area contributed by atoms with Crippen LogP contribution in [0.2, 0.25) is 0 Å². The Morgan fingerprint density at radius 3 is 2.50 bits per heavy atom. The van der Waals surface area contributed by atoms with Crippen LogP contribution in [0.15, 0.2) is 36.4 Å². The second kappa shape index (κ2) is 5.71. The van der Waals surface area contributed by atoms with Crippen LogP contribution in [-0.4, -0.2) is 15.9 Å². The quantitative estimate of drug-likeness (QED) is 0.777. The highest BCUT2D eigenvalue weighted by atomic mass is 16.1. The first-order valence-corrected chi connectivity index (χ1v) is 8.28. The van der Waals surface area contributed by atoms with Crippen LogP contribution in [0.3, 0.4) is 0 Å². The van der Waals surface area contributed by atoms with Gasteiger partial charge in [0.2, 0.25) is 0 Å². The molecule has 0 bridgehead atoms. The Morgan fingerprint density at radius 1 is 0.917 bits per heavy atom. The van der Waals surface area contributed by atoms with Gasteiger partial charge in [0.05, 0.1) is 22.4 Å². The van der Waals surface area contributed by atoms with Gasteiger partial charge in [-0.15, -0.1) is 0 Å². The second-order valence-corrected chi connectivity index (χ2v) is 6.39. The van der Waals surface area contributed by atoms with E-state index in [4.69, 9.17) is 0 Å². The summed E-state index contributed by atoms with van der Waals surface area (Å²) in [7, 11) is 0.